The largest absolute Gasteiger partial charge is 0.394 e. The summed E-state index contributed by atoms with van der Waals surface area (Å²) in [6, 6.07) is 5.48. The van der Waals surface area contributed by atoms with Gasteiger partial charge in [0.25, 0.3) is 0 Å². The standard InChI is InChI=1S/C10H13N3O/c1-6-3-2-4-8-9(6)13-10(12-8)7(11)5-14/h2-4,7,14H,5,11H2,1H3,(H,12,13)/t7-/m1/s1. The topological polar surface area (TPSA) is 74.9 Å². The van der Waals surface area contributed by atoms with E-state index in [0.29, 0.717) is 5.82 Å². The van der Waals surface area contributed by atoms with Crippen molar-refractivity contribution in [3.05, 3.63) is 29.6 Å². The molecule has 1 atom stereocenters. The Labute approximate surface area is 81.8 Å². The normalized spacial score (nSPS) is 13.4. The minimum absolute atomic E-state index is 0.0983. The smallest absolute Gasteiger partial charge is 0.126 e. The molecule has 0 fully saturated rings. The van der Waals surface area contributed by atoms with Gasteiger partial charge in [-0.2, -0.15) is 0 Å². The molecule has 0 bridgehead atoms. The van der Waals surface area contributed by atoms with E-state index in [1.54, 1.807) is 0 Å². The molecule has 0 unspecified atom stereocenters. The lowest BCUT2D eigenvalue weighted by Gasteiger charge is -2.01. The Balaban J connectivity index is 2.56. The first kappa shape index (κ1) is 9.18. The van der Waals surface area contributed by atoms with Gasteiger partial charge in [-0.1, -0.05) is 12.1 Å². The van der Waals surface area contributed by atoms with Crippen molar-refractivity contribution >= 4 is 11.0 Å². The van der Waals surface area contributed by atoms with Gasteiger partial charge < -0.3 is 15.8 Å². The van der Waals surface area contributed by atoms with Gasteiger partial charge in [0.05, 0.1) is 23.7 Å². The molecular weight excluding hydrogens is 178 g/mol. The van der Waals surface area contributed by atoms with Gasteiger partial charge in [0.1, 0.15) is 5.82 Å². The molecule has 0 aliphatic rings. The number of rotatable bonds is 2. The summed E-state index contributed by atoms with van der Waals surface area (Å²) in [5.74, 6) is 0.636. The number of hydrogen-bond donors (Lipinski definition) is 3. The van der Waals surface area contributed by atoms with Crippen LogP contribution in [0.15, 0.2) is 18.2 Å². The number of imidazole rings is 1. The van der Waals surface area contributed by atoms with Crippen molar-refractivity contribution in [1.82, 2.24) is 9.97 Å². The van der Waals surface area contributed by atoms with Crippen LogP contribution in [-0.2, 0) is 0 Å². The summed E-state index contributed by atoms with van der Waals surface area (Å²) in [4.78, 5) is 7.43. The molecule has 0 spiro atoms. The molecule has 0 amide bonds. The van der Waals surface area contributed by atoms with E-state index in [1.807, 2.05) is 25.1 Å². The molecule has 4 heteroatoms. The minimum Gasteiger partial charge on any atom is -0.394 e. The van der Waals surface area contributed by atoms with Crippen molar-refractivity contribution in [2.45, 2.75) is 13.0 Å². The van der Waals surface area contributed by atoms with Gasteiger partial charge in [-0.25, -0.2) is 4.98 Å². The van der Waals surface area contributed by atoms with E-state index in [9.17, 15) is 0 Å². The van der Waals surface area contributed by atoms with Crippen LogP contribution in [0.1, 0.15) is 17.4 Å². The van der Waals surface area contributed by atoms with Crippen LogP contribution in [-0.4, -0.2) is 21.7 Å². The van der Waals surface area contributed by atoms with Gasteiger partial charge >= 0.3 is 0 Å². The summed E-state index contributed by atoms with van der Waals surface area (Å²) >= 11 is 0. The lowest BCUT2D eigenvalue weighted by atomic mass is 10.2. The molecule has 0 aliphatic carbocycles. The number of para-hydroxylation sites is 1. The number of aryl methyl sites for hydroxylation is 1. The van der Waals surface area contributed by atoms with Crippen LogP contribution < -0.4 is 5.73 Å². The maximum Gasteiger partial charge on any atom is 0.126 e. The number of aromatic amines is 1. The minimum atomic E-state index is -0.429. The fourth-order valence-electron chi connectivity index (χ4n) is 1.46. The zero-order valence-corrected chi connectivity index (χ0v) is 7.99. The first-order valence-electron chi connectivity index (χ1n) is 4.54. The predicted octanol–water partition coefficient (Wildman–Crippen LogP) is 0.863. The van der Waals surface area contributed by atoms with Gasteiger partial charge in [-0.15, -0.1) is 0 Å². The summed E-state index contributed by atoms with van der Waals surface area (Å²) in [7, 11) is 0. The zero-order valence-electron chi connectivity index (χ0n) is 7.99. The molecule has 74 valence electrons. The number of aromatic nitrogens is 2. The van der Waals surface area contributed by atoms with E-state index in [0.717, 1.165) is 16.6 Å². The highest BCUT2D eigenvalue weighted by Gasteiger charge is 2.10. The van der Waals surface area contributed by atoms with Gasteiger partial charge in [-0.05, 0) is 18.6 Å². The number of hydrogen-bond acceptors (Lipinski definition) is 3. The number of H-pyrrole nitrogens is 1. The highest BCUT2D eigenvalue weighted by Crippen LogP contribution is 2.17. The number of aliphatic hydroxyl groups excluding tert-OH is 1. The van der Waals surface area contributed by atoms with Crippen LogP contribution in [0.2, 0.25) is 0 Å². The molecule has 2 aromatic rings. The molecule has 0 saturated heterocycles. The third-order valence-electron chi connectivity index (χ3n) is 2.28. The maximum absolute atomic E-state index is 8.90. The lowest BCUT2D eigenvalue weighted by molar-refractivity contribution is 0.264. The van der Waals surface area contributed by atoms with Gasteiger partial charge in [0.2, 0.25) is 0 Å². The van der Waals surface area contributed by atoms with E-state index in [4.69, 9.17) is 10.8 Å². The Kier molecular flexibility index (Phi) is 2.23. The molecule has 4 N–H and O–H groups in total. The Bertz CT molecular complexity index is 450. The SMILES string of the molecule is Cc1cccc2[nH]c([C@H](N)CO)nc12. The Morgan fingerprint density at radius 2 is 2.36 bits per heavy atom. The van der Waals surface area contributed by atoms with Crippen molar-refractivity contribution in [3.8, 4) is 0 Å². The van der Waals surface area contributed by atoms with E-state index >= 15 is 0 Å². The summed E-state index contributed by atoms with van der Waals surface area (Å²) < 4.78 is 0. The lowest BCUT2D eigenvalue weighted by Crippen LogP contribution is -2.15. The first-order valence-corrected chi connectivity index (χ1v) is 4.54. The molecule has 1 aromatic carbocycles. The molecule has 2 rings (SSSR count). The second-order valence-electron chi connectivity index (χ2n) is 3.38. The number of aliphatic hydroxyl groups is 1. The molecular formula is C10H13N3O. The number of benzene rings is 1. The molecule has 14 heavy (non-hydrogen) atoms. The van der Waals surface area contributed by atoms with Crippen LogP contribution in [0.3, 0.4) is 0 Å². The van der Waals surface area contributed by atoms with E-state index in [1.165, 1.54) is 0 Å². The van der Waals surface area contributed by atoms with Crippen LogP contribution in [0.5, 0.6) is 0 Å². The van der Waals surface area contributed by atoms with Crippen LogP contribution in [0.4, 0.5) is 0 Å². The summed E-state index contributed by atoms with van der Waals surface area (Å²) in [5.41, 5.74) is 8.66. The molecule has 1 aromatic heterocycles. The van der Waals surface area contributed by atoms with E-state index < -0.39 is 6.04 Å². The van der Waals surface area contributed by atoms with Crippen molar-refractivity contribution in [3.63, 3.8) is 0 Å². The summed E-state index contributed by atoms with van der Waals surface area (Å²) in [5, 5.41) is 8.90. The Morgan fingerprint density at radius 1 is 1.57 bits per heavy atom. The van der Waals surface area contributed by atoms with E-state index in [2.05, 4.69) is 9.97 Å². The first-order chi connectivity index (χ1) is 6.72. The predicted molar refractivity (Wildman–Crippen MR) is 54.8 cm³/mol. The van der Waals surface area contributed by atoms with Crippen LogP contribution >= 0.6 is 0 Å². The van der Waals surface area contributed by atoms with Gasteiger partial charge in [0.15, 0.2) is 0 Å². The van der Waals surface area contributed by atoms with Crippen molar-refractivity contribution < 1.29 is 5.11 Å². The average molecular weight is 191 g/mol. The van der Waals surface area contributed by atoms with E-state index in [-0.39, 0.29) is 6.61 Å². The van der Waals surface area contributed by atoms with Crippen molar-refractivity contribution in [2.24, 2.45) is 5.73 Å². The summed E-state index contributed by atoms with van der Waals surface area (Å²) in [6.07, 6.45) is 0. The summed E-state index contributed by atoms with van der Waals surface area (Å²) in [6.45, 7) is 1.90. The average Bonchev–Trinajstić information content (AvgIpc) is 2.62. The number of nitrogens with zero attached hydrogens (tertiary/aromatic N) is 1. The number of nitrogens with two attached hydrogens (primary N) is 1. The third kappa shape index (κ3) is 1.38. The van der Waals surface area contributed by atoms with Crippen LogP contribution in [0.25, 0.3) is 11.0 Å². The fraction of sp³-hybridized carbons (Fsp3) is 0.300. The highest BCUT2D eigenvalue weighted by molar-refractivity contribution is 5.78. The van der Waals surface area contributed by atoms with Gasteiger partial charge in [0, 0.05) is 0 Å². The molecule has 4 nitrogen and oxygen atoms in total. The maximum atomic E-state index is 8.90. The van der Waals surface area contributed by atoms with Crippen molar-refractivity contribution in [1.29, 1.82) is 0 Å². The van der Waals surface area contributed by atoms with Crippen LogP contribution in [0, 0.1) is 6.92 Å². The quantitative estimate of drug-likeness (QED) is 0.659. The molecule has 1 heterocycles. The Morgan fingerprint density at radius 3 is 3.00 bits per heavy atom. The van der Waals surface area contributed by atoms with Crippen molar-refractivity contribution in [2.75, 3.05) is 6.61 Å². The molecule has 0 radical (unpaired) electrons. The number of nitrogens with one attached hydrogen (secondary N) is 1. The second kappa shape index (κ2) is 3.40. The Hall–Kier alpha value is -1.39. The highest BCUT2D eigenvalue weighted by atomic mass is 16.3. The number of fused-ring (bicyclic) bond motifs is 1. The molecule has 0 saturated carbocycles. The zero-order chi connectivity index (χ0) is 10.1. The third-order valence-corrected chi connectivity index (χ3v) is 2.28. The fourth-order valence-corrected chi connectivity index (χ4v) is 1.46. The second-order valence-corrected chi connectivity index (χ2v) is 3.38. The van der Waals surface area contributed by atoms with Gasteiger partial charge in [-0.3, -0.25) is 0 Å². The monoisotopic (exact) mass is 191 g/mol. The molecule has 0 aliphatic heterocycles.